The van der Waals surface area contributed by atoms with E-state index in [1.54, 1.807) is 0 Å². The number of nitrogens with one attached hydrogen (secondary N) is 2. The van der Waals surface area contributed by atoms with Gasteiger partial charge in [0, 0.05) is 12.1 Å². The van der Waals surface area contributed by atoms with Crippen molar-refractivity contribution in [1.29, 1.82) is 0 Å². The molecule has 19 heavy (non-hydrogen) atoms. The molecular formula is C15H26N2O2. The first-order valence-electron chi connectivity index (χ1n) is 7.87. The molecule has 0 atom stereocenters. The van der Waals surface area contributed by atoms with Gasteiger partial charge >= 0.3 is 11.8 Å². The highest BCUT2D eigenvalue weighted by Gasteiger charge is 2.22. The van der Waals surface area contributed by atoms with Crippen molar-refractivity contribution >= 4 is 11.8 Å². The van der Waals surface area contributed by atoms with Gasteiger partial charge in [0.2, 0.25) is 0 Å². The van der Waals surface area contributed by atoms with Crippen molar-refractivity contribution in [1.82, 2.24) is 10.6 Å². The first-order valence-corrected chi connectivity index (χ1v) is 7.87. The molecule has 0 saturated heterocycles. The van der Waals surface area contributed by atoms with Gasteiger partial charge in [-0.05, 0) is 25.7 Å². The van der Waals surface area contributed by atoms with Gasteiger partial charge in [0.15, 0.2) is 0 Å². The normalized spacial score (nSPS) is 22.5. The lowest BCUT2D eigenvalue weighted by atomic mass is 9.95. The SMILES string of the molecule is O=C(NC1CCCCCC1)C(=O)NC1CCCCC1. The standard InChI is InChI=1S/C15H26N2O2/c18-14(16-12-8-4-1-2-5-9-12)15(19)17-13-10-6-3-7-11-13/h12-13H,1-11H2,(H,16,18)(H,17,19). The van der Waals surface area contributed by atoms with Gasteiger partial charge in [-0.15, -0.1) is 0 Å². The van der Waals surface area contributed by atoms with Gasteiger partial charge in [0.1, 0.15) is 0 Å². The maximum atomic E-state index is 11.9. The summed E-state index contributed by atoms with van der Waals surface area (Å²) in [6.45, 7) is 0. The molecule has 4 heteroatoms. The van der Waals surface area contributed by atoms with Crippen LogP contribution in [-0.2, 0) is 9.59 Å². The van der Waals surface area contributed by atoms with E-state index in [0.717, 1.165) is 51.4 Å². The summed E-state index contributed by atoms with van der Waals surface area (Å²) in [6.07, 6.45) is 12.5. The summed E-state index contributed by atoms with van der Waals surface area (Å²) in [4.78, 5) is 23.7. The summed E-state index contributed by atoms with van der Waals surface area (Å²) < 4.78 is 0. The van der Waals surface area contributed by atoms with Gasteiger partial charge < -0.3 is 10.6 Å². The van der Waals surface area contributed by atoms with E-state index in [1.165, 1.54) is 19.3 Å². The number of rotatable bonds is 2. The van der Waals surface area contributed by atoms with Crippen LogP contribution >= 0.6 is 0 Å². The Morgan fingerprint density at radius 2 is 0.895 bits per heavy atom. The Morgan fingerprint density at radius 3 is 1.26 bits per heavy atom. The van der Waals surface area contributed by atoms with Crippen LogP contribution in [0, 0.1) is 0 Å². The smallest absolute Gasteiger partial charge is 0.309 e. The van der Waals surface area contributed by atoms with Gasteiger partial charge in [-0.25, -0.2) is 0 Å². The molecule has 2 amide bonds. The van der Waals surface area contributed by atoms with Crippen LogP contribution in [-0.4, -0.2) is 23.9 Å². The van der Waals surface area contributed by atoms with Crippen LogP contribution in [0.3, 0.4) is 0 Å². The van der Waals surface area contributed by atoms with Crippen molar-refractivity contribution in [3.63, 3.8) is 0 Å². The fourth-order valence-electron chi connectivity index (χ4n) is 3.17. The molecule has 0 heterocycles. The number of hydrogen-bond acceptors (Lipinski definition) is 2. The molecule has 2 rings (SSSR count). The molecule has 2 N–H and O–H groups in total. The molecule has 108 valence electrons. The van der Waals surface area contributed by atoms with Gasteiger partial charge in [-0.2, -0.15) is 0 Å². The summed E-state index contributed by atoms with van der Waals surface area (Å²) in [5.74, 6) is -0.867. The second-order valence-electron chi connectivity index (χ2n) is 5.97. The Bertz CT molecular complexity index is 303. The van der Waals surface area contributed by atoms with Crippen molar-refractivity contribution in [3.05, 3.63) is 0 Å². The lowest BCUT2D eigenvalue weighted by Gasteiger charge is -2.23. The van der Waals surface area contributed by atoms with Crippen molar-refractivity contribution in [2.45, 2.75) is 82.7 Å². The van der Waals surface area contributed by atoms with E-state index in [2.05, 4.69) is 10.6 Å². The van der Waals surface area contributed by atoms with Crippen LogP contribution in [0.2, 0.25) is 0 Å². The fourth-order valence-corrected chi connectivity index (χ4v) is 3.17. The zero-order valence-corrected chi connectivity index (χ0v) is 11.7. The monoisotopic (exact) mass is 266 g/mol. The zero-order chi connectivity index (χ0) is 13.5. The van der Waals surface area contributed by atoms with Crippen LogP contribution < -0.4 is 10.6 Å². The Morgan fingerprint density at radius 1 is 0.579 bits per heavy atom. The van der Waals surface area contributed by atoms with Crippen LogP contribution in [0.5, 0.6) is 0 Å². The second-order valence-corrected chi connectivity index (χ2v) is 5.97. The third-order valence-electron chi connectivity index (χ3n) is 4.34. The number of amides is 2. The molecule has 0 radical (unpaired) electrons. The number of hydrogen-bond donors (Lipinski definition) is 2. The van der Waals surface area contributed by atoms with Gasteiger partial charge in [0.25, 0.3) is 0 Å². The Labute approximate surface area is 115 Å². The fraction of sp³-hybridized carbons (Fsp3) is 0.867. The predicted molar refractivity (Wildman–Crippen MR) is 74.6 cm³/mol. The molecule has 0 aromatic carbocycles. The van der Waals surface area contributed by atoms with E-state index in [0.29, 0.717) is 0 Å². The maximum Gasteiger partial charge on any atom is 0.309 e. The van der Waals surface area contributed by atoms with Crippen LogP contribution in [0.15, 0.2) is 0 Å². The first-order chi connectivity index (χ1) is 9.25. The van der Waals surface area contributed by atoms with Gasteiger partial charge in [-0.3, -0.25) is 9.59 Å². The predicted octanol–water partition coefficient (Wildman–Crippen LogP) is 2.27. The molecule has 2 aliphatic carbocycles. The quantitative estimate of drug-likeness (QED) is 0.595. The molecule has 0 spiro atoms. The molecular weight excluding hydrogens is 240 g/mol. The highest BCUT2D eigenvalue weighted by atomic mass is 16.2. The van der Waals surface area contributed by atoms with E-state index in [4.69, 9.17) is 0 Å². The van der Waals surface area contributed by atoms with E-state index in [-0.39, 0.29) is 12.1 Å². The van der Waals surface area contributed by atoms with Crippen molar-refractivity contribution < 1.29 is 9.59 Å². The van der Waals surface area contributed by atoms with Gasteiger partial charge in [-0.1, -0.05) is 44.9 Å². The molecule has 4 nitrogen and oxygen atoms in total. The first kappa shape index (κ1) is 14.4. The van der Waals surface area contributed by atoms with Crippen LogP contribution in [0.25, 0.3) is 0 Å². The minimum absolute atomic E-state index is 0.201. The summed E-state index contributed by atoms with van der Waals surface area (Å²) >= 11 is 0. The Hall–Kier alpha value is -1.06. The Balaban J connectivity index is 1.73. The number of carbonyl (C=O) groups excluding carboxylic acids is 2. The highest BCUT2D eigenvalue weighted by molar-refractivity contribution is 6.35. The highest BCUT2D eigenvalue weighted by Crippen LogP contribution is 2.18. The maximum absolute atomic E-state index is 11.9. The molecule has 0 bridgehead atoms. The van der Waals surface area contributed by atoms with Gasteiger partial charge in [0.05, 0.1) is 0 Å². The molecule has 0 unspecified atom stereocenters. The summed E-state index contributed by atoms with van der Waals surface area (Å²) in [5, 5.41) is 5.77. The molecule has 2 saturated carbocycles. The van der Waals surface area contributed by atoms with Crippen LogP contribution in [0.1, 0.15) is 70.6 Å². The van der Waals surface area contributed by atoms with E-state index in [1.807, 2.05) is 0 Å². The van der Waals surface area contributed by atoms with Crippen molar-refractivity contribution in [2.24, 2.45) is 0 Å². The summed E-state index contributed by atoms with van der Waals surface area (Å²) in [6, 6.07) is 0.410. The lowest BCUT2D eigenvalue weighted by molar-refractivity contribution is -0.140. The molecule has 0 aromatic rings. The third kappa shape index (κ3) is 4.84. The lowest BCUT2D eigenvalue weighted by Crippen LogP contribution is -2.48. The van der Waals surface area contributed by atoms with Crippen molar-refractivity contribution in [2.75, 3.05) is 0 Å². The minimum atomic E-state index is -0.434. The zero-order valence-electron chi connectivity index (χ0n) is 11.7. The van der Waals surface area contributed by atoms with E-state index >= 15 is 0 Å². The second kappa shape index (κ2) is 7.51. The van der Waals surface area contributed by atoms with Crippen LogP contribution in [0.4, 0.5) is 0 Å². The number of carbonyl (C=O) groups is 2. The average molecular weight is 266 g/mol. The molecule has 2 aliphatic rings. The third-order valence-corrected chi connectivity index (χ3v) is 4.34. The largest absolute Gasteiger partial charge is 0.345 e. The minimum Gasteiger partial charge on any atom is -0.345 e. The molecule has 2 fully saturated rings. The average Bonchev–Trinajstić information content (AvgIpc) is 2.68. The van der Waals surface area contributed by atoms with E-state index in [9.17, 15) is 9.59 Å². The van der Waals surface area contributed by atoms with Crippen molar-refractivity contribution in [3.8, 4) is 0 Å². The summed E-state index contributed by atoms with van der Waals surface area (Å²) in [5.41, 5.74) is 0. The Kier molecular flexibility index (Phi) is 5.67. The molecule has 0 aliphatic heterocycles. The summed E-state index contributed by atoms with van der Waals surface area (Å²) in [7, 11) is 0. The van der Waals surface area contributed by atoms with E-state index < -0.39 is 11.8 Å². The topological polar surface area (TPSA) is 58.2 Å². The molecule has 0 aromatic heterocycles.